The number of nitrogens with zero attached hydrogens (tertiary/aromatic N) is 2. The van der Waals surface area contributed by atoms with Gasteiger partial charge in [-0.05, 0) is 85.1 Å². The van der Waals surface area contributed by atoms with Crippen LogP contribution in [-0.2, 0) is 16.5 Å². The Morgan fingerprint density at radius 2 is 1.11 bits per heavy atom. The average Bonchev–Trinajstić information content (AvgIpc) is 2.55. The molecule has 0 saturated carbocycles. The maximum Gasteiger partial charge on any atom is 0.0694 e. The maximum atomic E-state index is 5.93. The zero-order chi connectivity index (χ0) is 27.0. The Morgan fingerprint density at radius 3 is 1.46 bits per heavy atom. The predicted octanol–water partition coefficient (Wildman–Crippen LogP) is 10.8. The van der Waals surface area contributed by atoms with Crippen molar-refractivity contribution in [3.8, 4) is 0 Å². The van der Waals surface area contributed by atoms with Crippen LogP contribution in [0.4, 0.5) is 5.69 Å². The number of rotatable bonds is 7. The van der Waals surface area contributed by atoms with Crippen molar-refractivity contribution in [1.29, 1.82) is 0 Å². The molecule has 0 N–H and O–H groups in total. The number of benzene rings is 1. The molecular formula is C28H58N2NiP2Si2. The minimum Gasteiger partial charge on any atom is -0.664 e. The summed E-state index contributed by atoms with van der Waals surface area (Å²) in [6.45, 7) is 39.6. The molecule has 1 rings (SSSR count). The van der Waals surface area contributed by atoms with Gasteiger partial charge in [-0.1, -0.05) is 94.2 Å². The van der Waals surface area contributed by atoms with E-state index in [2.05, 4.69) is 140 Å². The molecule has 1 aromatic carbocycles. The van der Waals surface area contributed by atoms with Crippen molar-refractivity contribution in [1.82, 2.24) is 0 Å². The Hall–Kier alpha value is 0.767. The van der Waals surface area contributed by atoms with Crippen LogP contribution in [0.1, 0.15) is 83.1 Å². The first-order valence-corrected chi connectivity index (χ1v) is 23.0. The number of hydrogen-bond acceptors (Lipinski definition) is 1. The van der Waals surface area contributed by atoms with Crippen LogP contribution < -0.4 is 0 Å². The maximum absolute atomic E-state index is 5.93. The molecule has 0 atom stereocenters. The van der Waals surface area contributed by atoms with Gasteiger partial charge in [0.15, 0.2) is 0 Å². The van der Waals surface area contributed by atoms with E-state index in [4.69, 9.17) is 9.39 Å². The first-order valence-electron chi connectivity index (χ1n) is 13.1. The van der Waals surface area contributed by atoms with Gasteiger partial charge in [0.05, 0.1) is 16.0 Å². The molecule has 0 aliphatic carbocycles. The third-order valence-electron chi connectivity index (χ3n) is 6.90. The Morgan fingerprint density at radius 1 is 0.714 bits per heavy atom. The van der Waals surface area contributed by atoms with E-state index in [-0.39, 0.29) is 26.8 Å². The summed E-state index contributed by atoms with van der Waals surface area (Å²) in [7, 11) is -5.94. The van der Waals surface area contributed by atoms with Gasteiger partial charge in [0, 0.05) is 30.2 Å². The zero-order valence-electron chi connectivity index (χ0n) is 26.0. The van der Waals surface area contributed by atoms with Crippen LogP contribution in [0.5, 0.6) is 0 Å². The molecule has 0 aliphatic rings. The molecule has 0 fully saturated rings. The summed E-state index contributed by atoms with van der Waals surface area (Å²) in [4.78, 5) is 0. The minimum atomic E-state index is -1.87. The summed E-state index contributed by atoms with van der Waals surface area (Å²) < 4.78 is 11.6. The molecule has 0 heterocycles. The fraction of sp³-hybridized carbons (Fsp3) is 0.786. The first kappa shape index (κ1) is 35.8. The fourth-order valence-corrected chi connectivity index (χ4v) is 36.2. The van der Waals surface area contributed by atoms with Crippen LogP contribution in [0.15, 0.2) is 35.1 Å². The molecule has 2 nitrogen and oxygen atoms in total. The minimum absolute atomic E-state index is 0. The van der Waals surface area contributed by atoms with E-state index in [9.17, 15) is 0 Å². The molecule has 208 valence electrons. The second kappa shape index (κ2) is 11.9. The van der Waals surface area contributed by atoms with Crippen molar-refractivity contribution in [3.63, 3.8) is 0 Å². The summed E-state index contributed by atoms with van der Waals surface area (Å²) in [6, 6.07) is 10.7. The van der Waals surface area contributed by atoms with Gasteiger partial charge >= 0.3 is 0 Å². The van der Waals surface area contributed by atoms with Crippen molar-refractivity contribution >= 4 is 37.1 Å². The molecule has 0 aliphatic heterocycles. The second-order valence-corrected chi connectivity index (χ2v) is 34.8. The summed E-state index contributed by atoms with van der Waals surface area (Å²) in [5.41, 5.74) is 1.15. The van der Waals surface area contributed by atoms with Crippen molar-refractivity contribution in [3.05, 3.63) is 35.0 Å². The van der Waals surface area contributed by atoms with Crippen LogP contribution in [0.2, 0.25) is 26.2 Å². The van der Waals surface area contributed by atoms with Crippen LogP contribution in [0.3, 0.4) is 0 Å². The van der Waals surface area contributed by atoms with E-state index >= 15 is 0 Å². The van der Waals surface area contributed by atoms with Gasteiger partial charge in [-0.3, -0.25) is 4.74 Å². The van der Waals surface area contributed by atoms with Crippen LogP contribution >= 0.6 is 15.0 Å². The second-order valence-electron chi connectivity index (χ2n) is 15.6. The molecule has 0 amide bonds. The normalized spacial score (nSPS) is 14.7. The molecular weight excluding hydrogens is 541 g/mol. The van der Waals surface area contributed by atoms with Crippen molar-refractivity contribution < 1.29 is 16.5 Å². The van der Waals surface area contributed by atoms with Gasteiger partial charge < -0.3 is 4.65 Å². The van der Waals surface area contributed by atoms with E-state index in [0.717, 1.165) is 5.69 Å². The van der Waals surface area contributed by atoms with E-state index in [1.807, 2.05) is 0 Å². The van der Waals surface area contributed by atoms with Gasteiger partial charge in [0.1, 0.15) is 0 Å². The van der Waals surface area contributed by atoms with Gasteiger partial charge in [-0.15, -0.1) is 0 Å². The monoisotopic (exact) mass is 598 g/mol. The average molecular weight is 600 g/mol. The third kappa shape index (κ3) is 10.1. The molecule has 0 bridgehead atoms. The molecule has 0 aromatic heterocycles. The smallest absolute Gasteiger partial charge is 0.0694 e. The first-order chi connectivity index (χ1) is 14.8. The van der Waals surface area contributed by atoms with E-state index in [1.165, 1.54) is 11.6 Å². The van der Waals surface area contributed by atoms with Gasteiger partial charge in [-0.2, -0.15) is 0 Å². The fourth-order valence-electron chi connectivity index (χ4n) is 6.05. The van der Waals surface area contributed by atoms with Crippen LogP contribution in [0, 0.1) is 0 Å². The summed E-state index contributed by atoms with van der Waals surface area (Å²) >= 11 is 0. The standard InChI is InChI=1S/C28H57N2P2Si2.Ni/c1-25(2,3)31(26(4,5)6)22-33(13,14)30-34(15,16)23-32(27(7,8)9,28(10,11)12)29-24-20-18-17-19-21-24;/h17-21H,22-23H2,1-16H3;/q-1;/p+1. The van der Waals surface area contributed by atoms with Crippen molar-refractivity contribution in [2.75, 3.05) is 11.6 Å². The van der Waals surface area contributed by atoms with Gasteiger partial charge in [0.2, 0.25) is 0 Å². The molecule has 0 radical (unpaired) electrons. The Bertz CT molecular complexity index is 824. The quantitative estimate of drug-likeness (QED) is 0.220. The summed E-state index contributed by atoms with van der Waals surface area (Å²) in [5.74, 6) is 2.57. The topological polar surface area (TPSA) is 26.5 Å². The van der Waals surface area contributed by atoms with E-state index in [1.54, 1.807) is 0 Å². The van der Waals surface area contributed by atoms with Crippen LogP contribution in [0.25, 0.3) is 4.65 Å². The Labute approximate surface area is 233 Å². The summed E-state index contributed by atoms with van der Waals surface area (Å²) in [6.07, 6.45) is 0. The molecule has 0 spiro atoms. The van der Waals surface area contributed by atoms with Crippen molar-refractivity contribution in [2.45, 2.75) is 130 Å². The molecule has 0 unspecified atom stereocenters. The number of hydrogen-bond donors (Lipinski definition) is 0. The predicted molar refractivity (Wildman–Crippen MR) is 171 cm³/mol. The Balaban J connectivity index is 0.0000116. The Kier molecular flexibility index (Phi) is 12.1. The SMILES string of the molecule is CC(C)(C)[PH+](C[Si](C)(C)[N-][Si](C)(C)CP(=Nc1ccccc1)(C(C)(C)C)C(C)(C)C)C(C)(C)C.[Ni]. The van der Waals surface area contributed by atoms with Crippen molar-refractivity contribution in [2.24, 2.45) is 4.74 Å². The molecule has 1 aromatic rings. The largest absolute Gasteiger partial charge is 0.664 e. The zero-order valence-corrected chi connectivity index (χ0v) is 30.8. The van der Waals surface area contributed by atoms with E-state index < -0.39 is 31.4 Å². The van der Waals surface area contributed by atoms with E-state index in [0.29, 0.717) is 10.3 Å². The van der Waals surface area contributed by atoms with Crippen LogP contribution in [-0.4, -0.2) is 48.7 Å². The molecule has 35 heavy (non-hydrogen) atoms. The molecule has 0 saturated heterocycles. The summed E-state index contributed by atoms with van der Waals surface area (Å²) in [5, 5.41) is 1.06. The van der Waals surface area contributed by atoms with Gasteiger partial charge in [-0.25, -0.2) is 0 Å². The third-order valence-corrected chi connectivity index (χ3v) is 30.2. The van der Waals surface area contributed by atoms with Gasteiger partial charge in [0.25, 0.3) is 0 Å². The molecule has 7 heteroatoms.